The molecule has 0 amide bonds. The van der Waals surface area contributed by atoms with Crippen LogP contribution in [-0.2, 0) is 65.4 Å². The highest BCUT2D eigenvalue weighted by atomic mass is 31.2. The molecule has 0 spiro atoms. The first-order valence-electron chi connectivity index (χ1n) is 33.7. The smallest absolute Gasteiger partial charge is 0.462 e. The van der Waals surface area contributed by atoms with E-state index in [1.54, 1.807) is 0 Å². The first kappa shape index (κ1) is 82.1. The Bertz CT molecular complexity index is 1680. The van der Waals surface area contributed by atoms with Gasteiger partial charge in [-0.25, -0.2) is 9.13 Å². The van der Waals surface area contributed by atoms with Gasteiger partial charge in [0.25, 0.3) is 0 Å². The Labute approximate surface area is 511 Å². The molecule has 0 aromatic rings. The predicted octanol–water partition coefficient (Wildman–Crippen LogP) is 17.8. The number of ether oxygens (including phenoxy) is 4. The highest BCUT2D eigenvalue weighted by Crippen LogP contribution is 2.45. The molecule has 17 nitrogen and oxygen atoms in total. The topological polar surface area (TPSA) is 237 Å². The molecule has 0 aromatic carbocycles. The molecule has 0 aliphatic heterocycles. The zero-order valence-corrected chi connectivity index (χ0v) is 56.3. The van der Waals surface area contributed by atoms with Crippen LogP contribution in [0, 0.1) is 23.7 Å². The molecule has 3 N–H and O–H groups in total. The number of hydrogen-bond acceptors (Lipinski definition) is 15. The van der Waals surface area contributed by atoms with E-state index in [1.165, 1.54) is 116 Å². The summed E-state index contributed by atoms with van der Waals surface area (Å²) in [6.07, 6.45) is 34.9. The van der Waals surface area contributed by atoms with Gasteiger partial charge in [0.05, 0.1) is 26.4 Å². The van der Waals surface area contributed by atoms with Crippen molar-refractivity contribution >= 4 is 39.5 Å². The second kappa shape index (κ2) is 55.2. The van der Waals surface area contributed by atoms with Crippen LogP contribution < -0.4 is 0 Å². The van der Waals surface area contributed by atoms with E-state index in [9.17, 15) is 43.2 Å². The third kappa shape index (κ3) is 57.8. The number of phosphoric ester groups is 2. The fraction of sp³-hybridized carbons (Fsp3) is 0.938. The van der Waals surface area contributed by atoms with E-state index >= 15 is 0 Å². The molecule has 498 valence electrons. The van der Waals surface area contributed by atoms with Crippen LogP contribution in [0.1, 0.15) is 312 Å². The summed E-state index contributed by atoms with van der Waals surface area (Å²) in [7, 11) is -9.89. The van der Waals surface area contributed by atoms with E-state index in [0.29, 0.717) is 25.7 Å². The molecule has 0 bridgehead atoms. The van der Waals surface area contributed by atoms with Crippen LogP contribution in [0.3, 0.4) is 0 Å². The summed E-state index contributed by atoms with van der Waals surface area (Å²) < 4.78 is 68.0. The molecule has 6 atom stereocenters. The molecule has 0 saturated heterocycles. The second-order valence-electron chi connectivity index (χ2n) is 25.2. The van der Waals surface area contributed by atoms with Gasteiger partial charge in [0.15, 0.2) is 12.2 Å². The number of phosphoric acid groups is 2. The minimum absolute atomic E-state index is 0.102. The Morgan fingerprint density at radius 2 is 0.571 bits per heavy atom. The lowest BCUT2D eigenvalue weighted by molar-refractivity contribution is -0.161. The third-order valence-electron chi connectivity index (χ3n) is 15.2. The van der Waals surface area contributed by atoms with Gasteiger partial charge in [0, 0.05) is 25.7 Å². The minimum atomic E-state index is -4.95. The van der Waals surface area contributed by atoms with Crippen molar-refractivity contribution in [1.29, 1.82) is 0 Å². The standard InChI is InChI=1S/C65H126O17P2/c1-9-58(8)44-36-28-23-24-32-40-48-65(70)82-61(52-75-62(67)45-37-29-20-12-10-11-17-25-33-41-55(2)3)54-80-84(73,74)78-50-59(66)49-77-83(71,72)79-53-60(81-64(69)47-39-31-22-16-14-19-27-35-43-57(6)7)51-76-63(68)46-38-30-21-15-13-18-26-34-42-56(4)5/h55-61,66H,9-54H2,1-8H3,(H,71,72)(H,73,74)/t58?,59?,60-,61-/m1/s1. The molecule has 0 heterocycles. The molecule has 4 unspecified atom stereocenters. The Kier molecular flexibility index (Phi) is 53.9. The summed E-state index contributed by atoms with van der Waals surface area (Å²) in [4.78, 5) is 72.3. The molecule has 0 aliphatic carbocycles. The normalized spacial score (nSPS) is 14.7. The Hall–Kier alpha value is -1.94. The van der Waals surface area contributed by atoms with Gasteiger partial charge in [-0.05, 0) is 49.4 Å². The number of esters is 4. The van der Waals surface area contributed by atoms with E-state index in [1.807, 2.05) is 0 Å². The van der Waals surface area contributed by atoms with Crippen molar-refractivity contribution in [3.05, 3.63) is 0 Å². The first-order valence-corrected chi connectivity index (χ1v) is 36.7. The predicted molar refractivity (Wildman–Crippen MR) is 335 cm³/mol. The van der Waals surface area contributed by atoms with Gasteiger partial charge in [-0.3, -0.25) is 37.3 Å². The summed E-state index contributed by atoms with van der Waals surface area (Å²) in [5.41, 5.74) is 0. The van der Waals surface area contributed by atoms with Gasteiger partial charge in [0.2, 0.25) is 0 Å². The van der Waals surface area contributed by atoms with Crippen molar-refractivity contribution in [1.82, 2.24) is 0 Å². The Morgan fingerprint density at radius 3 is 0.845 bits per heavy atom. The molecule has 0 fully saturated rings. The second-order valence-corrected chi connectivity index (χ2v) is 28.1. The molecule has 0 radical (unpaired) electrons. The Balaban J connectivity index is 5.26. The van der Waals surface area contributed by atoms with Crippen molar-refractivity contribution in [2.45, 2.75) is 331 Å². The van der Waals surface area contributed by atoms with Crippen LogP contribution in [0.5, 0.6) is 0 Å². The maximum Gasteiger partial charge on any atom is 0.472 e. The fourth-order valence-corrected chi connectivity index (χ4v) is 11.2. The largest absolute Gasteiger partial charge is 0.472 e. The van der Waals surface area contributed by atoms with Gasteiger partial charge in [-0.15, -0.1) is 0 Å². The number of aliphatic hydroxyl groups is 1. The summed E-state index contributed by atoms with van der Waals surface area (Å²) in [6.45, 7) is 14.0. The van der Waals surface area contributed by atoms with E-state index in [0.717, 1.165) is 114 Å². The van der Waals surface area contributed by atoms with Crippen molar-refractivity contribution in [2.24, 2.45) is 23.7 Å². The lowest BCUT2D eigenvalue weighted by Crippen LogP contribution is -2.30. The number of hydrogen-bond donors (Lipinski definition) is 3. The van der Waals surface area contributed by atoms with Crippen LogP contribution in [0.15, 0.2) is 0 Å². The quantitative estimate of drug-likeness (QED) is 0.0222. The van der Waals surface area contributed by atoms with Gasteiger partial charge in [0.1, 0.15) is 19.3 Å². The molecular weight excluding hydrogens is 1110 g/mol. The van der Waals surface area contributed by atoms with E-state index in [4.69, 9.17) is 37.0 Å². The highest BCUT2D eigenvalue weighted by Gasteiger charge is 2.30. The van der Waals surface area contributed by atoms with Gasteiger partial charge >= 0.3 is 39.5 Å². The van der Waals surface area contributed by atoms with E-state index < -0.39 is 97.5 Å². The van der Waals surface area contributed by atoms with Crippen molar-refractivity contribution in [3.63, 3.8) is 0 Å². The van der Waals surface area contributed by atoms with Gasteiger partial charge < -0.3 is 33.8 Å². The van der Waals surface area contributed by atoms with Crippen molar-refractivity contribution in [3.8, 4) is 0 Å². The van der Waals surface area contributed by atoms with Crippen LogP contribution >= 0.6 is 15.6 Å². The monoisotopic (exact) mass is 1240 g/mol. The van der Waals surface area contributed by atoms with Crippen molar-refractivity contribution < 1.29 is 80.2 Å². The SMILES string of the molecule is CCC(C)CCCCCCCCC(=O)O[C@H](COC(=O)CCCCCCCCCCCC(C)C)COP(=O)(O)OCC(O)COP(=O)(O)OC[C@@H](COC(=O)CCCCCCCCCCC(C)C)OC(=O)CCCCCCCCCCC(C)C. The number of carbonyl (C=O) groups is 4. The van der Waals surface area contributed by atoms with Gasteiger partial charge in [-0.1, -0.05) is 261 Å². The highest BCUT2D eigenvalue weighted by molar-refractivity contribution is 7.47. The molecule has 0 rings (SSSR count). The zero-order valence-electron chi connectivity index (χ0n) is 54.5. The molecule has 0 aliphatic rings. The van der Waals surface area contributed by atoms with Crippen LogP contribution in [-0.4, -0.2) is 96.7 Å². The lowest BCUT2D eigenvalue weighted by atomic mass is 10.00. The maximum absolute atomic E-state index is 13.0. The third-order valence-corrected chi connectivity index (χ3v) is 17.1. The number of carbonyl (C=O) groups excluding carboxylic acids is 4. The van der Waals surface area contributed by atoms with Gasteiger partial charge in [-0.2, -0.15) is 0 Å². The summed E-state index contributed by atoms with van der Waals surface area (Å²) >= 11 is 0. The summed E-state index contributed by atoms with van der Waals surface area (Å²) in [5.74, 6) is 0.768. The lowest BCUT2D eigenvalue weighted by Gasteiger charge is -2.21. The maximum atomic E-state index is 13.0. The average Bonchev–Trinajstić information content (AvgIpc) is 3.48. The van der Waals surface area contributed by atoms with E-state index in [-0.39, 0.29) is 25.7 Å². The van der Waals surface area contributed by atoms with Crippen LogP contribution in [0.2, 0.25) is 0 Å². The Morgan fingerprint density at radius 1 is 0.333 bits per heavy atom. The number of aliphatic hydroxyl groups excluding tert-OH is 1. The first-order chi connectivity index (χ1) is 40.1. The summed E-state index contributed by atoms with van der Waals surface area (Å²) in [5, 5.41) is 10.5. The van der Waals surface area contributed by atoms with E-state index in [2.05, 4.69) is 55.4 Å². The van der Waals surface area contributed by atoms with Crippen LogP contribution in [0.25, 0.3) is 0 Å². The summed E-state index contributed by atoms with van der Waals surface area (Å²) in [6, 6.07) is 0. The molecular formula is C65H126O17P2. The minimum Gasteiger partial charge on any atom is -0.462 e. The van der Waals surface area contributed by atoms with Crippen LogP contribution in [0.4, 0.5) is 0 Å². The zero-order chi connectivity index (χ0) is 62.5. The molecule has 19 heteroatoms. The van der Waals surface area contributed by atoms with Crippen molar-refractivity contribution in [2.75, 3.05) is 39.6 Å². The number of rotatable bonds is 62. The molecule has 84 heavy (non-hydrogen) atoms. The molecule has 0 aromatic heterocycles. The fourth-order valence-electron chi connectivity index (χ4n) is 9.57. The number of unbranched alkanes of at least 4 members (excludes halogenated alkanes) is 27. The molecule has 0 saturated carbocycles. The average molecular weight is 1240 g/mol.